The van der Waals surface area contributed by atoms with Crippen LogP contribution in [0.25, 0.3) is 11.0 Å². The van der Waals surface area contributed by atoms with Crippen molar-refractivity contribution in [2.45, 2.75) is 31.2 Å². The summed E-state index contributed by atoms with van der Waals surface area (Å²) in [7, 11) is 0. The number of fused-ring (bicyclic) bond motifs is 1. The summed E-state index contributed by atoms with van der Waals surface area (Å²) in [6, 6.07) is 6.66. The maximum atomic E-state index is 6.31. The normalized spacial score (nSPS) is 18.9. The maximum Gasteiger partial charge on any atom is 0.127 e. The lowest BCUT2D eigenvalue weighted by molar-refractivity contribution is 0.0698. The Kier molecular flexibility index (Phi) is 3.83. The Morgan fingerprint density at radius 2 is 2.16 bits per heavy atom. The smallest absolute Gasteiger partial charge is 0.127 e. The van der Waals surface area contributed by atoms with Crippen molar-refractivity contribution in [2.24, 2.45) is 0 Å². The van der Waals surface area contributed by atoms with E-state index in [0.717, 1.165) is 47.4 Å². The zero-order chi connectivity index (χ0) is 13.4. The number of imidazole rings is 1. The quantitative estimate of drug-likeness (QED) is 0.753. The van der Waals surface area contributed by atoms with E-state index < -0.39 is 0 Å². The highest BCUT2D eigenvalue weighted by molar-refractivity contribution is 9.10. The van der Waals surface area contributed by atoms with Crippen molar-refractivity contribution in [2.75, 3.05) is 13.2 Å². The monoisotopic (exact) mass is 342 g/mol. The van der Waals surface area contributed by atoms with Crippen molar-refractivity contribution in [1.29, 1.82) is 0 Å². The fourth-order valence-electron chi connectivity index (χ4n) is 2.70. The lowest BCUT2D eigenvalue weighted by atomic mass is 10.1. The lowest BCUT2D eigenvalue weighted by Gasteiger charge is -2.26. The molecule has 0 aliphatic carbocycles. The van der Waals surface area contributed by atoms with Gasteiger partial charge in [-0.05, 0) is 38.0 Å². The topological polar surface area (TPSA) is 27.1 Å². The van der Waals surface area contributed by atoms with Crippen LogP contribution in [-0.2, 0) is 4.74 Å². The molecule has 0 radical (unpaired) electrons. The summed E-state index contributed by atoms with van der Waals surface area (Å²) in [5.74, 6) is 0.960. The molecule has 0 amide bonds. The van der Waals surface area contributed by atoms with Gasteiger partial charge in [0.2, 0.25) is 0 Å². The Morgan fingerprint density at radius 1 is 1.42 bits per heavy atom. The van der Waals surface area contributed by atoms with Gasteiger partial charge in [0.15, 0.2) is 0 Å². The first kappa shape index (κ1) is 13.4. The van der Waals surface area contributed by atoms with Gasteiger partial charge in [-0.25, -0.2) is 4.98 Å². The third-order valence-corrected chi connectivity index (χ3v) is 4.28. The molecular formula is C14H16BrClN2O. The van der Waals surface area contributed by atoms with Crippen molar-refractivity contribution in [3.05, 3.63) is 28.5 Å². The molecule has 2 aromatic rings. The molecule has 1 aliphatic rings. The van der Waals surface area contributed by atoms with Gasteiger partial charge in [-0.2, -0.15) is 0 Å². The number of hydrogen-bond acceptors (Lipinski definition) is 2. The predicted octanol–water partition coefficient (Wildman–Crippen LogP) is 4.45. The van der Waals surface area contributed by atoms with E-state index in [1.807, 2.05) is 13.0 Å². The average molecular weight is 344 g/mol. The summed E-state index contributed by atoms with van der Waals surface area (Å²) in [4.78, 5) is 4.71. The highest BCUT2D eigenvalue weighted by Gasteiger charge is 2.23. The molecule has 1 aromatic heterocycles. The molecule has 3 nitrogen and oxygen atoms in total. The van der Waals surface area contributed by atoms with Gasteiger partial charge >= 0.3 is 0 Å². The van der Waals surface area contributed by atoms with Gasteiger partial charge in [0.1, 0.15) is 5.82 Å². The predicted molar refractivity (Wildman–Crippen MR) is 80.8 cm³/mol. The third-order valence-electron chi connectivity index (χ3n) is 3.59. The minimum Gasteiger partial charge on any atom is -0.381 e. The standard InChI is InChI=1S/C14H16BrClN2O/c1-9(16)14-17-12-8-10(15)2-3-13(12)18(14)11-4-6-19-7-5-11/h2-3,8-9,11H,4-7H2,1H3. The molecular weight excluding hydrogens is 328 g/mol. The van der Waals surface area contributed by atoms with Gasteiger partial charge < -0.3 is 9.30 Å². The molecule has 5 heteroatoms. The van der Waals surface area contributed by atoms with Crippen LogP contribution in [0.3, 0.4) is 0 Å². The van der Waals surface area contributed by atoms with Crippen molar-refractivity contribution in [3.63, 3.8) is 0 Å². The highest BCUT2D eigenvalue weighted by Crippen LogP contribution is 2.33. The molecule has 1 saturated heterocycles. The molecule has 0 N–H and O–H groups in total. The number of nitrogens with zero attached hydrogens (tertiary/aromatic N) is 2. The van der Waals surface area contributed by atoms with E-state index in [4.69, 9.17) is 21.3 Å². The molecule has 3 rings (SSSR count). The van der Waals surface area contributed by atoms with Gasteiger partial charge in [0, 0.05) is 23.7 Å². The zero-order valence-corrected chi connectivity index (χ0v) is 13.1. The van der Waals surface area contributed by atoms with E-state index >= 15 is 0 Å². The van der Waals surface area contributed by atoms with Crippen molar-refractivity contribution >= 4 is 38.6 Å². The van der Waals surface area contributed by atoms with Crippen molar-refractivity contribution in [1.82, 2.24) is 9.55 Å². The van der Waals surface area contributed by atoms with E-state index in [-0.39, 0.29) is 5.38 Å². The summed E-state index contributed by atoms with van der Waals surface area (Å²) in [5.41, 5.74) is 2.17. The first-order valence-electron chi connectivity index (χ1n) is 6.56. The second kappa shape index (κ2) is 5.43. The van der Waals surface area contributed by atoms with Crippen LogP contribution in [0.2, 0.25) is 0 Å². The molecule has 1 unspecified atom stereocenters. The van der Waals surface area contributed by atoms with Crippen molar-refractivity contribution in [3.8, 4) is 0 Å². The highest BCUT2D eigenvalue weighted by atomic mass is 79.9. The van der Waals surface area contributed by atoms with Crippen LogP contribution in [0.4, 0.5) is 0 Å². The fourth-order valence-corrected chi connectivity index (χ4v) is 3.20. The molecule has 0 bridgehead atoms. The number of aromatic nitrogens is 2. The van der Waals surface area contributed by atoms with Gasteiger partial charge in [-0.3, -0.25) is 0 Å². The van der Waals surface area contributed by atoms with Crippen LogP contribution in [0.15, 0.2) is 22.7 Å². The first-order valence-corrected chi connectivity index (χ1v) is 7.79. The summed E-state index contributed by atoms with van der Waals surface area (Å²) in [5, 5.41) is -0.0889. The lowest BCUT2D eigenvalue weighted by Crippen LogP contribution is -2.21. The van der Waals surface area contributed by atoms with E-state index in [0.29, 0.717) is 6.04 Å². The number of halogens is 2. The summed E-state index contributed by atoms with van der Waals surface area (Å²) >= 11 is 9.81. The Balaban J connectivity index is 2.15. The van der Waals surface area contributed by atoms with E-state index in [1.165, 1.54) is 0 Å². The maximum absolute atomic E-state index is 6.31. The minimum atomic E-state index is -0.0889. The van der Waals surface area contributed by atoms with Crippen LogP contribution >= 0.6 is 27.5 Å². The summed E-state index contributed by atoms with van der Waals surface area (Å²) < 4.78 is 8.81. The number of ether oxygens (including phenoxy) is 1. The Bertz CT molecular complexity index is 590. The molecule has 0 saturated carbocycles. The molecule has 102 valence electrons. The fraction of sp³-hybridized carbons (Fsp3) is 0.500. The molecule has 1 atom stereocenters. The molecule has 1 aliphatic heterocycles. The number of benzene rings is 1. The molecule has 2 heterocycles. The van der Waals surface area contributed by atoms with Gasteiger partial charge in [0.05, 0.1) is 16.4 Å². The minimum absolute atomic E-state index is 0.0889. The Hall–Kier alpha value is -0.580. The van der Waals surface area contributed by atoms with Crippen LogP contribution in [0.1, 0.15) is 37.0 Å². The van der Waals surface area contributed by atoms with Crippen LogP contribution < -0.4 is 0 Å². The second-order valence-electron chi connectivity index (χ2n) is 4.93. The van der Waals surface area contributed by atoms with Crippen LogP contribution in [0.5, 0.6) is 0 Å². The second-order valence-corrected chi connectivity index (χ2v) is 6.50. The van der Waals surface area contributed by atoms with Crippen molar-refractivity contribution < 1.29 is 4.74 Å². The van der Waals surface area contributed by atoms with E-state index in [1.54, 1.807) is 0 Å². The average Bonchev–Trinajstić information content (AvgIpc) is 2.78. The molecule has 1 aromatic carbocycles. The van der Waals surface area contributed by atoms with Gasteiger partial charge in [0.25, 0.3) is 0 Å². The Labute approximate surface area is 126 Å². The van der Waals surface area contributed by atoms with Crippen LogP contribution in [-0.4, -0.2) is 22.8 Å². The Morgan fingerprint density at radius 3 is 2.84 bits per heavy atom. The van der Waals surface area contributed by atoms with Gasteiger partial charge in [-0.1, -0.05) is 15.9 Å². The molecule has 0 spiro atoms. The SMILES string of the molecule is CC(Cl)c1nc2cc(Br)ccc2n1C1CCOCC1. The number of alkyl halides is 1. The molecule has 19 heavy (non-hydrogen) atoms. The third kappa shape index (κ3) is 2.54. The zero-order valence-electron chi connectivity index (χ0n) is 10.8. The summed E-state index contributed by atoms with van der Waals surface area (Å²) in [6.07, 6.45) is 2.05. The van der Waals surface area contributed by atoms with Gasteiger partial charge in [-0.15, -0.1) is 11.6 Å². The van der Waals surface area contributed by atoms with Crippen LogP contribution in [0, 0.1) is 0 Å². The number of rotatable bonds is 2. The molecule has 1 fully saturated rings. The number of hydrogen-bond donors (Lipinski definition) is 0. The summed E-state index contributed by atoms with van der Waals surface area (Å²) in [6.45, 7) is 3.61. The first-order chi connectivity index (χ1) is 9.16. The van der Waals surface area contributed by atoms with E-state index in [2.05, 4.69) is 32.6 Å². The van der Waals surface area contributed by atoms with E-state index in [9.17, 15) is 0 Å². The largest absolute Gasteiger partial charge is 0.381 e.